The molecular formula is C20H16F2N2OS. The molecule has 6 heteroatoms. The number of alkyl halides is 2. The molecule has 1 unspecified atom stereocenters. The van der Waals surface area contributed by atoms with E-state index in [-0.39, 0.29) is 5.75 Å². The Hall–Kier alpha value is -2.78. The largest absolute Gasteiger partial charge is 0.435 e. The number of nitrogens with zero attached hydrogens (tertiary/aromatic N) is 1. The zero-order chi connectivity index (χ0) is 18.5. The summed E-state index contributed by atoms with van der Waals surface area (Å²) in [4.78, 5) is 0. The molecule has 0 radical (unpaired) electrons. The number of halogens is 2. The second kappa shape index (κ2) is 8.07. The Kier molecular flexibility index (Phi) is 5.59. The highest BCUT2D eigenvalue weighted by Crippen LogP contribution is 2.40. The third-order valence-electron chi connectivity index (χ3n) is 4.02. The predicted molar refractivity (Wildman–Crippen MR) is 99.5 cm³/mol. The van der Waals surface area contributed by atoms with Crippen molar-refractivity contribution in [3.05, 3.63) is 82.4 Å². The molecule has 0 amide bonds. The van der Waals surface area contributed by atoms with Crippen LogP contribution in [0.2, 0.25) is 0 Å². The van der Waals surface area contributed by atoms with E-state index in [0.717, 1.165) is 11.3 Å². The second-order valence-electron chi connectivity index (χ2n) is 5.52. The molecule has 0 fully saturated rings. The topological polar surface area (TPSA) is 45.0 Å². The summed E-state index contributed by atoms with van der Waals surface area (Å²) in [7, 11) is 0. The highest BCUT2D eigenvalue weighted by molar-refractivity contribution is 8.02. The molecular weight excluding hydrogens is 354 g/mol. The van der Waals surface area contributed by atoms with E-state index in [1.807, 2.05) is 42.7 Å². The van der Waals surface area contributed by atoms with E-state index in [2.05, 4.69) is 16.1 Å². The minimum Gasteiger partial charge on any atom is -0.435 e. The fourth-order valence-corrected chi connectivity index (χ4v) is 3.48. The summed E-state index contributed by atoms with van der Waals surface area (Å²) in [6, 6.07) is 18.5. The maximum atomic E-state index is 12.8. The van der Waals surface area contributed by atoms with Crippen LogP contribution in [-0.4, -0.2) is 12.9 Å². The van der Waals surface area contributed by atoms with Crippen molar-refractivity contribution >= 4 is 17.5 Å². The van der Waals surface area contributed by atoms with Gasteiger partial charge in [-0.1, -0.05) is 48.5 Å². The van der Waals surface area contributed by atoms with Crippen LogP contribution in [0.25, 0.3) is 5.70 Å². The van der Waals surface area contributed by atoms with Crippen molar-refractivity contribution in [1.29, 1.82) is 5.26 Å². The van der Waals surface area contributed by atoms with Gasteiger partial charge in [-0.15, -0.1) is 11.8 Å². The van der Waals surface area contributed by atoms with E-state index < -0.39 is 12.5 Å². The molecule has 1 N–H and O–H groups in total. The van der Waals surface area contributed by atoms with Crippen LogP contribution >= 0.6 is 11.8 Å². The molecule has 1 heterocycles. The van der Waals surface area contributed by atoms with Crippen molar-refractivity contribution in [2.24, 2.45) is 0 Å². The fraction of sp³-hybridized carbons (Fsp3) is 0.150. The standard InChI is InChI=1S/C20H16F2N2OS/c1-26-19-16(12-23)15(11-17(24-19)13-7-3-2-4-8-13)14-9-5-6-10-18(14)25-20(21)22/h2-11,15,20,24H,1H3. The highest BCUT2D eigenvalue weighted by Gasteiger charge is 2.27. The van der Waals surface area contributed by atoms with Gasteiger partial charge < -0.3 is 10.1 Å². The molecule has 3 rings (SSSR count). The van der Waals surface area contributed by atoms with Gasteiger partial charge in [0.1, 0.15) is 5.75 Å². The lowest BCUT2D eigenvalue weighted by Gasteiger charge is -2.26. The lowest BCUT2D eigenvalue weighted by Crippen LogP contribution is -2.20. The summed E-state index contributed by atoms with van der Waals surface area (Å²) >= 11 is 1.41. The first-order valence-electron chi connectivity index (χ1n) is 7.90. The molecule has 132 valence electrons. The highest BCUT2D eigenvalue weighted by atomic mass is 32.2. The zero-order valence-electron chi connectivity index (χ0n) is 13.9. The van der Waals surface area contributed by atoms with Crippen molar-refractivity contribution < 1.29 is 13.5 Å². The molecule has 0 aliphatic carbocycles. The van der Waals surface area contributed by atoms with E-state index in [0.29, 0.717) is 16.2 Å². The maximum absolute atomic E-state index is 12.8. The van der Waals surface area contributed by atoms with Crippen molar-refractivity contribution in [2.75, 3.05) is 6.26 Å². The fourth-order valence-electron chi connectivity index (χ4n) is 2.88. The second-order valence-corrected chi connectivity index (χ2v) is 6.34. The molecule has 3 nitrogen and oxygen atoms in total. The lowest BCUT2D eigenvalue weighted by molar-refractivity contribution is -0.0504. The number of ether oxygens (including phenoxy) is 1. The minimum absolute atomic E-state index is 0.0752. The Labute approximate surface area is 155 Å². The average molecular weight is 370 g/mol. The van der Waals surface area contributed by atoms with Crippen molar-refractivity contribution in [3.8, 4) is 11.8 Å². The number of nitrogens with one attached hydrogen (secondary N) is 1. The monoisotopic (exact) mass is 370 g/mol. The van der Waals surface area contributed by atoms with Crippen LogP contribution < -0.4 is 10.1 Å². The van der Waals surface area contributed by atoms with Crippen LogP contribution in [0, 0.1) is 11.3 Å². The Morgan fingerprint density at radius 1 is 1.12 bits per heavy atom. The van der Waals surface area contributed by atoms with Gasteiger partial charge in [0.2, 0.25) is 0 Å². The van der Waals surface area contributed by atoms with Gasteiger partial charge in [-0.2, -0.15) is 14.0 Å². The molecule has 1 aliphatic heterocycles. The molecule has 2 aromatic rings. The summed E-state index contributed by atoms with van der Waals surface area (Å²) < 4.78 is 30.3. The Morgan fingerprint density at radius 3 is 2.46 bits per heavy atom. The van der Waals surface area contributed by atoms with Gasteiger partial charge in [0.15, 0.2) is 0 Å². The number of dihydropyridines is 1. The molecule has 26 heavy (non-hydrogen) atoms. The van der Waals surface area contributed by atoms with Crippen molar-refractivity contribution in [2.45, 2.75) is 12.5 Å². The normalized spacial score (nSPS) is 16.7. The van der Waals surface area contributed by atoms with Crippen molar-refractivity contribution in [3.63, 3.8) is 0 Å². The quantitative estimate of drug-likeness (QED) is 0.794. The van der Waals surface area contributed by atoms with E-state index >= 15 is 0 Å². The van der Waals surface area contributed by atoms with E-state index in [9.17, 15) is 14.0 Å². The first-order chi connectivity index (χ1) is 12.6. The van der Waals surface area contributed by atoms with Gasteiger partial charge >= 0.3 is 6.61 Å². The molecule has 0 aromatic heterocycles. The number of hydrogen-bond donors (Lipinski definition) is 1. The van der Waals surface area contributed by atoms with Gasteiger partial charge in [-0.05, 0) is 24.0 Å². The first-order valence-corrected chi connectivity index (χ1v) is 9.12. The van der Waals surface area contributed by atoms with E-state index in [1.165, 1.54) is 17.8 Å². The Morgan fingerprint density at radius 2 is 1.81 bits per heavy atom. The van der Waals surface area contributed by atoms with Crippen LogP contribution in [0.3, 0.4) is 0 Å². The summed E-state index contributed by atoms with van der Waals surface area (Å²) in [6.07, 6.45) is 3.74. The van der Waals surface area contributed by atoms with Crippen LogP contribution in [0.15, 0.2) is 71.3 Å². The van der Waals surface area contributed by atoms with E-state index in [1.54, 1.807) is 18.2 Å². The summed E-state index contributed by atoms with van der Waals surface area (Å²) in [6.45, 7) is -2.93. The van der Waals surface area contributed by atoms with Gasteiger partial charge in [-0.3, -0.25) is 0 Å². The van der Waals surface area contributed by atoms with Crippen LogP contribution in [0.1, 0.15) is 17.0 Å². The molecule has 2 aromatic carbocycles. The van der Waals surface area contributed by atoms with Gasteiger partial charge in [0.25, 0.3) is 0 Å². The number of benzene rings is 2. The Bertz CT molecular complexity index is 888. The number of hydrogen-bond acceptors (Lipinski definition) is 4. The number of para-hydroxylation sites is 1. The third-order valence-corrected chi connectivity index (χ3v) is 4.75. The number of rotatable bonds is 5. The van der Waals surface area contributed by atoms with Gasteiger partial charge in [0, 0.05) is 17.2 Å². The SMILES string of the molecule is CSC1=C(C#N)C(c2ccccc2OC(F)F)C=C(c2ccccc2)N1. The van der Waals surface area contributed by atoms with Gasteiger partial charge in [0.05, 0.1) is 16.7 Å². The van der Waals surface area contributed by atoms with Crippen LogP contribution in [-0.2, 0) is 0 Å². The Balaban J connectivity index is 2.12. The maximum Gasteiger partial charge on any atom is 0.387 e. The van der Waals surface area contributed by atoms with Crippen LogP contribution in [0.5, 0.6) is 5.75 Å². The molecule has 0 bridgehead atoms. The number of nitriles is 1. The molecule has 0 saturated carbocycles. The number of thioether (sulfide) groups is 1. The predicted octanol–water partition coefficient (Wildman–Crippen LogP) is 5.11. The summed E-state index contributed by atoms with van der Waals surface area (Å²) in [5, 5.41) is 13.6. The molecule has 0 saturated heterocycles. The van der Waals surface area contributed by atoms with Gasteiger partial charge in [-0.25, -0.2) is 0 Å². The smallest absolute Gasteiger partial charge is 0.387 e. The first kappa shape index (κ1) is 18.0. The number of allylic oxidation sites excluding steroid dienone is 2. The van der Waals surface area contributed by atoms with Crippen molar-refractivity contribution in [1.82, 2.24) is 5.32 Å². The molecule has 0 spiro atoms. The zero-order valence-corrected chi connectivity index (χ0v) is 14.8. The summed E-state index contributed by atoms with van der Waals surface area (Å²) in [5.41, 5.74) is 2.78. The third kappa shape index (κ3) is 3.73. The van der Waals surface area contributed by atoms with E-state index in [4.69, 9.17) is 0 Å². The minimum atomic E-state index is -2.93. The average Bonchev–Trinajstić information content (AvgIpc) is 2.67. The lowest BCUT2D eigenvalue weighted by atomic mass is 9.88. The summed E-state index contributed by atoms with van der Waals surface area (Å²) in [5.74, 6) is -0.403. The molecule has 1 atom stereocenters. The molecule has 1 aliphatic rings. The van der Waals surface area contributed by atoms with Crippen LogP contribution in [0.4, 0.5) is 8.78 Å².